The first kappa shape index (κ1) is 10.4. The SMILES string of the molecule is CCc1ccc(-c2cnc(N)c(N)n2)cc1. The molecule has 2 rings (SSSR count). The molecule has 0 spiro atoms. The van der Waals surface area contributed by atoms with Crippen molar-refractivity contribution < 1.29 is 0 Å². The van der Waals surface area contributed by atoms with E-state index in [0.29, 0.717) is 0 Å². The van der Waals surface area contributed by atoms with Crippen LogP contribution in [0.5, 0.6) is 0 Å². The first-order chi connectivity index (χ1) is 7.70. The van der Waals surface area contributed by atoms with Gasteiger partial charge in [-0.15, -0.1) is 0 Å². The van der Waals surface area contributed by atoms with E-state index < -0.39 is 0 Å². The molecule has 0 atom stereocenters. The van der Waals surface area contributed by atoms with Crippen molar-refractivity contribution in [2.75, 3.05) is 11.5 Å². The summed E-state index contributed by atoms with van der Waals surface area (Å²) in [6.45, 7) is 2.12. The van der Waals surface area contributed by atoms with E-state index in [4.69, 9.17) is 11.5 Å². The number of nitrogens with zero attached hydrogens (tertiary/aromatic N) is 2. The molecule has 0 bridgehead atoms. The molecule has 0 amide bonds. The van der Waals surface area contributed by atoms with Crippen molar-refractivity contribution in [2.24, 2.45) is 0 Å². The maximum Gasteiger partial charge on any atom is 0.166 e. The number of hydrogen-bond acceptors (Lipinski definition) is 4. The molecule has 4 nitrogen and oxygen atoms in total. The van der Waals surface area contributed by atoms with E-state index in [0.717, 1.165) is 17.7 Å². The molecule has 4 heteroatoms. The first-order valence-electron chi connectivity index (χ1n) is 5.18. The van der Waals surface area contributed by atoms with Crippen molar-refractivity contribution in [3.05, 3.63) is 36.0 Å². The number of hydrogen-bond donors (Lipinski definition) is 2. The van der Waals surface area contributed by atoms with Crippen LogP contribution in [0.1, 0.15) is 12.5 Å². The fraction of sp³-hybridized carbons (Fsp3) is 0.167. The van der Waals surface area contributed by atoms with E-state index >= 15 is 0 Å². The van der Waals surface area contributed by atoms with Gasteiger partial charge in [-0.3, -0.25) is 0 Å². The van der Waals surface area contributed by atoms with Crippen LogP contribution >= 0.6 is 0 Å². The third kappa shape index (κ3) is 1.95. The number of nitrogens with two attached hydrogens (primary N) is 2. The molecule has 82 valence electrons. The van der Waals surface area contributed by atoms with Gasteiger partial charge in [0.15, 0.2) is 11.6 Å². The normalized spacial score (nSPS) is 10.3. The van der Waals surface area contributed by atoms with Crippen molar-refractivity contribution >= 4 is 11.6 Å². The Bertz CT molecular complexity index is 491. The highest BCUT2D eigenvalue weighted by atomic mass is 15.0. The molecule has 0 fully saturated rings. The van der Waals surface area contributed by atoms with Gasteiger partial charge in [-0.1, -0.05) is 31.2 Å². The number of rotatable bonds is 2. The summed E-state index contributed by atoms with van der Waals surface area (Å²) < 4.78 is 0. The van der Waals surface area contributed by atoms with Crippen LogP contribution < -0.4 is 11.5 Å². The van der Waals surface area contributed by atoms with E-state index in [1.54, 1.807) is 6.20 Å². The fourth-order valence-electron chi connectivity index (χ4n) is 1.46. The molecule has 0 aliphatic rings. The number of benzene rings is 1. The van der Waals surface area contributed by atoms with Crippen molar-refractivity contribution in [3.8, 4) is 11.3 Å². The van der Waals surface area contributed by atoms with E-state index in [9.17, 15) is 0 Å². The van der Waals surface area contributed by atoms with Crippen LogP contribution in [0.25, 0.3) is 11.3 Å². The van der Waals surface area contributed by atoms with Crippen molar-refractivity contribution in [1.29, 1.82) is 0 Å². The van der Waals surface area contributed by atoms with Gasteiger partial charge < -0.3 is 11.5 Å². The highest BCUT2D eigenvalue weighted by Crippen LogP contribution is 2.19. The lowest BCUT2D eigenvalue weighted by Gasteiger charge is -2.04. The molecule has 4 N–H and O–H groups in total. The second kappa shape index (κ2) is 4.18. The third-order valence-electron chi connectivity index (χ3n) is 2.49. The summed E-state index contributed by atoms with van der Waals surface area (Å²) in [6, 6.07) is 8.17. The predicted octanol–water partition coefficient (Wildman–Crippen LogP) is 1.87. The van der Waals surface area contributed by atoms with E-state index in [1.165, 1.54) is 5.56 Å². The summed E-state index contributed by atoms with van der Waals surface area (Å²) in [5.41, 5.74) is 14.2. The molecule has 0 aliphatic carbocycles. The Morgan fingerprint density at radius 2 is 1.75 bits per heavy atom. The Hall–Kier alpha value is -2.10. The molecule has 1 heterocycles. The number of nitrogen functional groups attached to an aromatic ring is 2. The molecule has 1 aromatic carbocycles. The average molecular weight is 214 g/mol. The Morgan fingerprint density at radius 3 is 2.31 bits per heavy atom. The monoisotopic (exact) mass is 214 g/mol. The summed E-state index contributed by atoms with van der Waals surface area (Å²) in [4.78, 5) is 8.18. The average Bonchev–Trinajstić information content (AvgIpc) is 2.33. The van der Waals surface area contributed by atoms with Gasteiger partial charge in [-0.2, -0.15) is 0 Å². The van der Waals surface area contributed by atoms with Gasteiger partial charge in [-0.05, 0) is 12.0 Å². The van der Waals surface area contributed by atoms with Crippen LogP contribution in [0.15, 0.2) is 30.5 Å². The van der Waals surface area contributed by atoms with Crippen LogP contribution in [0.3, 0.4) is 0 Å². The lowest BCUT2D eigenvalue weighted by atomic mass is 10.1. The summed E-state index contributed by atoms with van der Waals surface area (Å²) in [7, 11) is 0. The zero-order valence-electron chi connectivity index (χ0n) is 9.14. The van der Waals surface area contributed by atoms with Gasteiger partial charge in [0.25, 0.3) is 0 Å². The second-order valence-electron chi connectivity index (χ2n) is 3.58. The largest absolute Gasteiger partial charge is 0.381 e. The Morgan fingerprint density at radius 1 is 1.06 bits per heavy atom. The van der Waals surface area contributed by atoms with Crippen LogP contribution in [0.4, 0.5) is 11.6 Å². The van der Waals surface area contributed by atoms with E-state index in [1.807, 2.05) is 12.1 Å². The minimum Gasteiger partial charge on any atom is -0.381 e. The zero-order valence-corrected chi connectivity index (χ0v) is 9.14. The van der Waals surface area contributed by atoms with Gasteiger partial charge >= 0.3 is 0 Å². The zero-order chi connectivity index (χ0) is 11.5. The molecule has 0 unspecified atom stereocenters. The lowest BCUT2D eigenvalue weighted by Crippen LogP contribution is -2.01. The number of anilines is 2. The van der Waals surface area contributed by atoms with Crippen LogP contribution in [0, 0.1) is 0 Å². The Balaban J connectivity index is 2.38. The molecule has 16 heavy (non-hydrogen) atoms. The molecule has 0 saturated heterocycles. The van der Waals surface area contributed by atoms with Crippen LogP contribution in [-0.2, 0) is 6.42 Å². The second-order valence-corrected chi connectivity index (χ2v) is 3.58. The van der Waals surface area contributed by atoms with Crippen molar-refractivity contribution in [2.45, 2.75) is 13.3 Å². The Labute approximate surface area is 94.3 Å². The smallest absolute Gasteiger partial charge is 0.166 e. The van der Waals surface area contributed by atoms with Gasteiger partial charge in [0.2, 0.25) is 0 Å². The highest BCUT2D eigenvalue weighted by molar-refractivity contribution is 5.63. The van der Waals surface area contributed by atoms with Gasteiger partial charge in [0.05, 0.1) is 11.9 Å². The molecule has 0 radical (unpaired) electrons. The minimum atomic E-state index is 0.272. The molecule has 0 aliphatic heterocycles. The summed E-state index contributed by atoms with van der Waals surface area (Å²) >= 11 is 0. The topological polar surface area (TPSA) is 77.8 Å². The maximum atomic E-state index is 5.62. The molecule has 0 saturated carbocycles. The van der Waals surface area contributed by atoms with Gasteiger partial charge in [0.1, 0.15) is 0 Å². The van der Waals surface area contributed by atoms with Crippen LogP contribution in [0.2, 0.25) is 0 Å². The molecule has 2 aromatic rings. The highest BCUT2D eigenvalue weighted by Gasteiger charge is 2.03. The summed E-state index contributed by atoms with van der Waals surface area (Å²) in [6.07, 6.45) is 2.66. The molecule has 1 aromatic heterocycles. The quantitative estimate of drug-likeness (QED) is 0.800. The number of aryl methyl sites for hydroxylation is 1. The van der Waals surface area contributed by atoms with Crippen molar-refractivity contribution in [3.63, 3.8) is 0 Å². The summed E-state index contributed by atoms with van der Waals surface area (Å²) in [5.74, 6) is 0.547. The van der Waals surface area contributed by atoms with Crippen molar-refractivity contribution in [1.82, 2.24) is 9.97 Å². The van der Waals surface area contributed by atoms with Gasteiger partial charge in [-0.25, -0.2) is 9.97 Å². The van der Waals surface area contributed by atoms with E-state index in [2.05, 4.69) is 29.0 Å². The fourth-order valence-corrected chi connectivity index (χ4v) is 1.46. The van der Waals surface area contributed by atoms with E-state index in [-0.39, 0.29) is 11.6 Å². The molecular weight excluding hydrogens is 200 g/mol. The van der Waals surface area contributed by atoms with Crippen LogP contribution in [-0.4, -0.2) is 9.97 Å². The minimum absolute atomic E-state index is 0.272. The standard InChI is InChI=1S/C12H14N4/c1-2-8-3-5-9(6-4-8)10-7-15-11(13)12(14)16-10/h3-7H,2H2,1H3,(H2,13,15)(H2,14,16). The number of aromatic nitrogens is 2. The predicted molar refractivity (Wildman–Crippen MR) is 65.7 cm³/mol. The van der Waals surface area contributed by atoms with Gasteiger partial charge in [0, 0.05) is 5.56 Å². The maximum absolute atomic E-state index is 5.62. The third-order valence-corrected chi connectivity index (χ3v) is 2.49. The lowest BCUT2D eigenvalue weighted by molar-refractivity contribution is 1.14. The molecular formula is C12H14N4. The first-order valence-corrected chi connectivity index (χ1v) is 5.18. The Kier molecular flexibility index (Phi) is 2.72. The summed E-state index contributed by atoms with van der Waals surface area (Å²) in [5, 5.41) is 0.